The van der Waals surface area contributed by atoms with E-state index >= 15 is 0 Å². The van der Waals surface area contributed by atoms with Crippen LogP contribution >= 0.6 is 0 Å². The quantitative estimate of drug-likeness (QED) is 0.489. The van der Waals surface area contributed by atoms with Crippen molar-refractivity contribution in [2.45, 2.75) is 25.7 Å². The molecule has 2 rings (SSSR count). The lowest BCUT2D eigenvalue weighted by atomic mass is 10.4. The number of hydrogen-bond acceptors (Lipinski definition) is 2. The number of ether oxygens (including phenoxy) is 2. The van der Waals surface area contributed by atoms with Crippen LogP contribution in [0.15, 0.2) is 0 Å². The SMILES string of the molecule is C1CCOC1.C1CCOC1.[SiH4]. The molecule has 0 aromatic rings. The summed E-state index contributed by atoms with van der Waals surface area (Å²) in [7, 11) is 0. The van der Waals surface area contributed by atoms with Crippen LogP contribution < -0.4 is 0 Å². The first-order valence-electron chi connectivity index (χ1n) is 4.15. The van der Waals surface area contributed by atoms with E-state index in [1.807, 2.05) is 0 Å². The van der Waals surface area contributed by atoms with E-state index in [9.17, 15) is 0 Å². The van der Waals surface area contributed by atoms with Crippen LogP contribution in [0.25, 0.3) is 0 Å². The normalized spacial score (nSPS) is 21.8. The molecule has 0 aromatic carbocycles. The minimum absolute atomic E-state index is 0. The van der Waals surface area contributed by atoms with Crippen molar-refractivity contribution in [3.63, 3.8) is 0 Å². The first-order chi connectivity index (χ1) is 5.00. The molecule has 2 aliphatic heterocycles. The van der Waals surface area contributed by atoms with Gasteiger partial charge < -0.3 is 9.47 Å². The van der Waals surface area contributed by atoms with Crippen LogP contribution in [0.2, 0.25) is 0 Å². The molecule has 0 aliphatic carbocycles. The summed E-state index contributed by atoms with van der Waals surface area (Å²) in [5, 5.41) is 0. The molecular formula is C8H20O2Si. The van der Waals surface area contributed by atoms with Gasteiger partial charge in [-0.3, -0.25) is 0 Å². The highest BCUT2D eigenvalue weighted by Gasteiger charge is 1.95. The van der Waals surface area contributed by atoms with Crippen LogP contribution in [0.3, 0.4) is 0 Å². The molecule has 2 fully saturated rings. The summed E-state index contributed by atoms with van der Waals surface area (Å²) < 4.78 is 9.89. The van der Waals surface area contributed by atoms with Crippen molar-refractivity contribution in [1.29, 1.82) is 0 Å². The van der Waals surface area contributed by atoms with Crippen molar-refractivity contribution in [2.75, 3.05) is 26.4 Å². The van der Waals surface area contributed by atoms with Crippen LogP contribution in [-0.2, 0) is 9.47 Å². The predicted octanol–water partition coefficient (Wildman–Crippen LogP) is 0.142. The smallest absolute Gasteiger partial charge is 0.0466 e. The van der Waals surface area contributed by atoms with Gasteiger partial charge in [0.05, 0.1) is 0 Å². The molecule has 2 nitrogen and oxygen atoms in total. The third-order valence-electron chi connectivity index (χ3n) is 1.65. The van der Waals surface area contributed by atoms with Crippen LogP contribution in [0, 0.1) is 0 Å². The molecular weight excluding hydrogens is 156 g/mol. The molecule has 0 amide bonds. The van der Waals surface area contributed by atoms with Gasteiger partial charge in [-0.2, -0.15) is 0 Å². The highest BCUT2D eigenvalue weighted by molar-refractivity contribution is 5.75. The Morgan fingerprint density at radius 3 is 0.909 bits per heavy atom. The molecule has 2 aliphatic rings. The lowest BCUT2D eigenvalue weighted by Crippen LogP contribution is -1.74. The zero-order chi connectivity index (χ0) is 7.07. The first-order valence-corrected chi connectivity index (χ1v) is 4.15. The van der Waals surface area contributed by atoms with Gasteiger partial charge in [-0.05, 0) is 36.6 Å². The Balaban J connectivity index is 0.000000167. The van der Waals surface area contributed by atoms with E-state index in [0.717, 1.165) is 26.4 Å². The van der Waals surface area contributed by atoms with Gasteiger partial charge in [0, 0.05) is 26.4 Å². The summed E-state index contributed by atoms with van der Waals surface area (Å²) in [6.07, 6.45) is 5.11. The van der Waals surface area contributed by atoms with Crippen molar-refractivity contribution in [3.8, 4) is 0 Å². The Kier molecular flexibility index (Phi) is 8.34. The average molecular weight is 176 g/mol. The maximum Gasteiger partial charge on any atom is 0.0466 e. The van der Waals surface area contributed by atoms with Crippen LogP contribution in [0.5, 0.6) is 0 Å². The lowest BCUT2D eigenvalue weighted by molar-refractivity contribution is 0.198. The summed E-state index contributed by atoms with van der Waals surface area (Å²) >= 11 is 0. The molecule has 2 saturated heterocycles. The summed E-state index contributed by atoms with van der Waals surface area (Å²) in [6, 6.07) is 0. The highest BCUT2D eigenvalue weighted by atomic mass is 28.1. The minimum Gasteiger partial charge on any atom is -0.381 e. The third kappa shape index (κ3) is 6.53. The van der Waals surface area contributed by atoms with E-state index < -0.39 is 0 Å². The molecule has 0 atom stereocenters. The van der Waals surface area contributed by atoms with Crippen LogP contribution in [0.4, 0.5) is 0 Å². The van der Waals surface area contributed by atoms with Gasteiger partial charge in [-0.15, -0.1) is 0 Å². The van der Waals surface area contributed by atoms with Crippen molar-refractivity contribution in [1.82, 2.24) is 0 Å². The maximum absolute atomic E-state index is 4.94. The molecule has 0 aromatic heterocycles. The van der Waals surface area contributed by atoms with E-state index in [2.05, 4.69) is 0 Å². The molecule has 0 N–H and O–H groups in total. The topological polar surface area (TPSA) is 18.5 Å². The molecule has 2 heterocycles. The average Bonchev–Trinajstić information content (AvgIpc) is 2.67. The van der Waals surface area contributed by atoms with Crippen molar-refractivity contribution < 1.29 is 9.47 Å². The lowest BCUT2D eigenvalue weighted by Gasteiger charge is -1.76. The van der Waals surface area contributed by atoms with Crippen molar-refractivity contribution in [3.05, 3.63) is 0 Å². The molecule has 68 valence electrons. The van der Waals surface area contributed by atoms with Crippen molar-refractivity contribution in [2.24, 2.45) is 0 Å². The number of rotatable bonds is 0. The van der Waals surface area contributed by atoms with Crippen LogP contribution in [0.1, 0.15) is 25.7 Å². The van der Waals surface area contributed by atoms with Gasteiger partial charge in [0.2, 0.25) is 0 Å². The fraction of sp³-hybridized carbons (Fsp3) is 1.00. The highest BCUT2D eigenvalue weighted by Crippen LogP contribution is 1.98. The fourth-order valence-corrected chi connectivity index (χ4v) is 1.02. The van der Waals surface area contributed by atoms with Gasteiger partial charge >= 0.3 is 0 Å². The van der Waals surface area contributed by atoms with Gasteiger partial charge in [0.15, 0.2) is 0 Å². The zero-order valence-corrected chi connectivity index (χ0v) is 6.47. The van der Waals surface area contributed by atoms with E-state index in [1.165, 1.54) is 25.7 Å². The monoisotopic (exact) mass is 176 g/mol. The minimum atomic E-state index is 0. The van der Waals surface area contributed by atoms with Gasteiger partial charge in [0.1, 0.15) is 0 Å². The predicted molar refractivity (Wildman–Crippen MR) is 51.4 cm³/mol. The van der Waals surface area contributed by atoms with Gasteiger partial charge in [-0.1, -0.05) is 0 Å². The summed E-state index contributed by atoms with van der Waals surface area (Å²) in [5.41, 5.74) is 0. The molecule has 0 saturated carbocycles. The molecule has 0 bridgehead atoms. The Labute approximate surface area is 73.3 Å². The summed E-state index contributed by atoms with van der Waals surface area (Å²) in [6.45, 7) is 4.00. The van der Waals surface area contributed by atoms with E-state index in [1.54, 1.807) is 0 Å². The second-order valence-corrected chi connectivity index (χ2v) is 2.64. The summed E-state index contributed by atoms with van der Waals surface area (Å²) in [5.74, 6) is 0. The van der Waals surface area contributed by atoms with E-state index in [4.69, 9.17) is 9.47 Å². The van der Waals surface area contributed by atoms with Crippen molar-refractivity contribution >= 4 is 11.0 Å². The van der Waals surface area contributed by atoms with E-state index in [-0.39, 0.29) is 11.0 Å². The van der Waals surface area contributed by atoms with Gasteiger partial charge in [0.25, 0.3) is 0 Å². The molecule has 0 unspecified atom stereocenters. The largest absolute Gasteiger partial charge is 0.381 e. The Morgan fingerprint density at radius 1 is 0.545 bits per heavy atom. The second kappa shape index (κ2) is 8.24. The number of hydrogen-bond donors (Lipinski definition) is 0. The fourth-order valence-electron chi connectivity index (χ4n) is 1.02. The molecule has 11 heavy (non-hydrogen) atoms. The van der Waals surface area contributed by atoms with Gasteiger partial charge in [-0.25, -0.2) is 0 Å². The molecule has 3 heteroatoms. The molecule has 0 spiro atoms. The third-order valence-corrected chi connectivity index (χ3v) is 1.65. The Hall–Kier alpha value is 0.137. The summed E-state index contributed by atoms with van der Waals surface area (Å²) in [4.78, 5) is 0. The zero-order valence-electron chi connectivity index (χ0n) is 6.47. The second-order valence-electron chi connectivity index (χ2n) is 2.64. The van der Waals surface area contributed by atoms with Crippen LogP contribution in [-0.4, -0.2) is 37.4 Å². The molecule has 0 radical (unpaired) electrons. The maximum atomic E-state index is 4.94. The Morgan fingerprint density at radius 2 is 0.818 bits per heavy atom. The van der Waals surface area contributed by atoms with E-state index in [0.29, 0.717) is 0 Å². The Bertz CT molecular complexity index is 45.3. The first kappa shape index (κ1) is 11.1. The standard InChI is InChI=1S/2C4H8O.H4Si/c2*1-2-4-5-3-1;/h2*1-4H2;1H4.